The molecule has 2 unspecified atom stereocenters. The van der Waals surface area contributed by atoms with Gasteiger partial charge in [-0.3, -0.25) is 4.90 Å². The third-order valence-electron chi connectivity index (χ3n) is 5.42. The van der Waals surface area contributed by atoms with Gasteiger partial charge in [-0.1, -0.05) is 13.3 Å². The van der Waals surface area contributed by atoms with Crippen LogP contribution in [-0.4, -0.2) is 45.1 Å². The quantitative estimate of drug-likeness (QED) is 0.943. The normalized spacial score (nSPS) is 26.1. The van der Waals surface area contributed by atoms with E-state index in [1.807, 2.05) is 12.3 Å². The van der Waals surface area contributed by atoms with E-state index in [1.165, 1.54) is 44.5 Å². The molecule has 0 radical (unpaired) electrons. The number of hydrogen-bond donors (Lipinski definition) is 1. The number of aromatic nitrogens is 3. The van der Waals surface area contributed by atoms with Crippen molar-refractivity contribution in [2.24, 2.45) is 0 Å². The Hall–Kier alpha value is -1.46. The molecular weight excluding hydrogens is 286 g/mol. The van der Waals surface area contributed by atoms with E-state index in [0.29, 0.717) is 12.1 Å². The summed E-state index contributed by atoms with van der Waals surface area (Å²) < 4.78 is 2.40. The van der Waals surface area contributed by atoms with Crippen LogP contribution in [0.5, 0.6) is 0 Å². The standard InChI is InChI=1S/C18H27N5/c1-2-22-12-4-3-9-16(22)18-21-15-8-6-11-20-17(15)23(18)13-14-7-5-10-19-14/h6,8,11,14,16,19H,2-5,7,9-10,12-13H2,1H3. The van der Waals surface area contributed by atoms with Crippen molar-refractivity contribution >= 4 is 11.2 Å². The van der Waals surface area contributed by atoms with Crippen LogP contribution in [0.3, 0.4) is 0 Å². The first-order valence-electron chi connectivity index (χ1n) is 9.15. The number of likely N-dealkylation sites (tertiary alicyclic amines) is 1. The van der Waals surface area contributed by atoms with Gasteiger partial charge < -0.3 is 9.88 Å². The van der Waals surface area contributed by atoms with Crippen molar-refractivity contribution in [1.29, 1.82) is 0 Å². The first-order chi connectivity index (χ1) is 11.4. The number of hydrogen-bond acceptors (Lipinski definition) is 4. The lowest BCUT2D eigenvalue weighted by Crippen LogP contribution is -2.36. The van der Waals surface area contributed by atoms with E-state index < -0.39 is 0 Å². The fourth-order valence-electron chi connectivity index (χ4n) is 4.21. The van der Waals surface area contributed by atoms with Crippen molar-refractivity contribution in [3.05, 3.63) is 24.2 Å². The summed E-state index contributed by atoms with van der Waals surface area (Å²) in [4.78, 5) is 12.2. The number of rotatable bonds is 4. The number of pyridine rings is 1. The highest BCUT2D eigenvalue weighted by Crippen LogP contribution is 2.32. The minimum atomic E-state index is 0.448. The number of fused-ring (bicyclic) bond motifs is 1. The molecule has 4 rings (SSSR count). The molecule has 0 aromatic carbocycles. The number of imidazole rings is 1. The molecule has 5 heteroatoms. The number of piperidine rings is 1. The van der Waals surface area contributed by atoms with E-state index in [4.69, 9.17) is 4.98 Å². The van der Waals surface area contributed by atoms with Crippen LogP contribution in [-0.2, 0) is 6.54 Å². The smallest absolute Gasteiger partial charge is 0.160 e. The summed E-state index contributed by atoms with van der Waals surface area (Å²) in [6.07, 6.45) is 8.27. The molecule has 2 aromatic heterocycles. The molecule has 2 saturated heterocycles. The molecule has 1 N–H and O–H groups in total. The van der Waals surface area contributed by atoms with Crippen molar-refractivity contribution in [3.63, 3.8) is 0 Å². The Morgan fingerprint density at radius 3 is 3.04 bits per heavy atom. The molecule has 0 amide bonds. The SMILES string of the molecule is CCN1CCCCC1c1nc2cccnc2n1CC1CCCN1. The van der Waals surface area contributed by atoms with Crippen LogP contribution in [0.1, 0.15) is 50.9 Å². The molecule has 0 aliphatic carbocycles. The predicted molar refractivity (Wildman–Crippen MR) is 92.4 cm³/mol. The zero-order chi connectivity index (χ0) is 15.6. The maximum Gasteiger partial charge on any atom is 0.160 e. The maximum absolute atomic E-state index is 5.01. The molecule has 0 spiro atoms. The summed E-state index contributed by atoms with van der Waals surface area (Å²) in [5.74, 6) is 1.23. The van der Waals surface area contributed by atoms with Crippen LogP contribution in [0.4, 0.5) is 0 Å². The van der Waals surface area contributed by atoms with E-state index in [1.54, 1.807) is 0 Å². The highest BCUT2D eigenvalue weighted by molar-refractivity contribution is 5.71. The van der Waals surface area contributed by atoms with Crippen molar-refractivity contribution in [2.45, 2.75) is 57.7 Å². The topological polar surface area (TPSA) is 46.0 Å². The lowest BCUT2D eigenvalue weighted by Gasteiger charge is -2.34. The Balaban J connectivity index is 1.74. The van der Waals surface area contributed by atoms with Gasteiger partial charge in [0.2, 0.25) is 0 Å². The highest BCUT2D eigenvalue weighted by Gasteiger charge is 2.29. The summed E-state index contributed by atoms with van der Waals surface area (Å²) in [5.41, 5.74) is 2.10. The molecule has 2 aliphatic rings. The van der Waals surface area contributed by atoms with Crippen LogP contribution in [0, 0.1) is 0 Å². The van der Waals surface area contributed by atoms with Crippen molar-refractivity contribution < 1.29 is 0 Å². The third kappa shape index (κ3) is 2.88. The van der Waals surface area contributed by atoms with Crippen molar-refractivity contribution in [1.82, 2.24) is 24.8 Å². The monoisotopic (exact) mass is 313 g/mol. The molecule has 124 valence electrons. The van der Waals surface area contributed by atoms with Crippen LogP contribution >= 0.6 is 0 Å². The molecule has 0 saturated carbocycles. The van der Waals surface area contributed by atoms with Gasteiger partial charge >= 0.3 is 0 Å². The Morgan fingerprint density at radius 2 is 2.22 bits per heavy atom. The summed E-state index contributed by atoms with van der Waals surface area (Å²) in [6.45, 7) is 6.70. The van der Waals surface area contributed by atoms with Gasteiger partial charge in [0.05, 0.1) is 6.04 Å². The van der Waals surface area contributed by atoms with Gasteiger partial charge in [0.25, 0.3) is 0 Å². The van der Waals surface area contributed by atoms with Gasteiger partial charge in [-0.25, -0.2) is 9.97 Å². The second-order valence-electron chi connectivity index (χ2n) is 6.86. The molecule has 2 fully saturated rings. The van der Waals surface area contributed by atoms with Gasteiger partial charge in [-0.15, -0.1) is 0 Å². The van der Waals surface area contributed by atoms with Crippen molar-refractivity contribution in [3.8, 4) is 0 Å². The Kier molecular flexibility index (Phi) is 4.31. The molecule has 4 heterocycles. The molecule has 5 nitrogen and oxygen atoms in total. The van der Waals surface area contributed by atoms with E-state index in [2.05, 4.69) is 32.8 Å². The predicted octanol–water partition coefficient (Wildman–Crippen LogP) is 2.73. The van der Waals surface area contributed by atoms with Crippen LogP contribution in [0.25, 0.3) is 11.2 Å². The lowest BCUT2D eigenvalue weighted by molar-refractivity contribution is 0.146. The average Bonchev–Trinajstić information content (AvgIpc) is 3.23. The van der Waals surface area contributed by atoms with Crippen LogP contribution < -0.4 is 5.32 Å². The van der Waals surface area contributed by atoms with Crippen molar-refractivity contribution in [2.75, 3.05) is 19.6 Å². The molecule has 2 aromatic rings. The fraction of sp³-hybridized carbons (Fsp3) is 0.667. The summed E-state index contributed by atoms with van der Waals surface area (Å²) in [5, 5.41) is 3.62. The number of nitrogens with zero attached hydrogens (tertiary/aromatic N) is 4. The third-order valence-corrected chi connectivity index (χ3v) is 5.42. The van der Waals surface area contributed by atoms with E-state index in [9.17, 15) is 0 Å². The van der Waals surface area contributed by atoms with Gasteiger partial charge in [-0.2, -0.15) is 0 Å². The molecule has 2 atom stereocenters. The van der Waals surface area contributed by atoms with E-state index >= 15 is 0 Å². The second kappa shape index (κ2) is 6.57. The summed E-state index contributed by atoms with van der Waals surface area (Å²) >= 11 is 0. The Labute approximate surface area is 138 Å². The van der Waals surface area contributed by atoms with Gasteiger partial charge in [0.15, 0.2) is 5.65 Å². The maximum atomic E-state index is 5.01. The molecule has 0 bridgehead atoms. The second-order valence-corrected chi connectivity index (χ2v) is 6.86. The van der Waals surface area contributed by atoms with Crippen LogP contribution in [0.15, 0.2) is 18.3 Å². The fourth-order valence-corrected chi connectivity index (χ4v) is 4.21. The molecular formula is C18H27N5. The Bertz CT molecular complexity index is 658. The summed E-state index contributed by atoms with van der Waals surface area (Å²) in [6, 6.07) is 5.11. The highest BCUT2D eigenvalue weighted by atomic mass is 15.2. The Morgan fingerprint density at radius 1 is 1.26 bits per heavy atom. The molecule has 23 heavy (non-hydrogen) atoms. The minimum Gasteiger partial charge on any atom is -0.312 e. The first-order valence-corrected chi connectivity index (χ1v) is 9.15. The zero-order valence-corrected chi connectivity index (χ0v) is 14.0. The first kappa shape index (κ1) is 15.1. The van der Waals surface area contributed by atoms with E-state index in [0.717, 1.165) is 30.8 Å². The van der Waals surface area contributed by atoms with E-state index in [-0.39, 0.29) is 0 Å². The van der Waals surface area contributed by atoms with Gasteiger partial charge in [0, 0.05) is 18.8 Å². The average molecular weight is 313 g/mol. The zero-order valence-electron chi connectivity index (χ0n) is 14.0. The number of nitrogens with one attached hydrogen (secondary N) is 1. The largest absolute Gasteiger partial charge is 0.312 e. The molecule has 2 aliphatic heterocycles. The lowest BCUT2D eigenvalue weighted by atomic mass is 10.0. The van der Waals surface area contributed by atoms with Gasteiger partial charge in [-0.05, 0) is 57.5 Å². The van der Waals surface area contributed by atoms with Crippen LogP contribution in [0.2, 0.25) is 0 Å². The minimum absolute atomic E-state index is 0.448. The van der Waals surface area contributed by atoms with Gasteiger partial charge in [0.1, 0.15) is 11.3 Å². The summed E-state index contributed by atoms with van der Waals surface area (Å²) in [7, 11) is 0.